The van der Waals surface area contributed by atoms with Gasteiger partial charge in [0.05, 0.1) is 18.8 Å². The van der Waals surface area contributed by atoms with Gasteiger partial charge < -0.3 is 25.6 Å². The number of carbonyl (C=O) groups excluding carboxylic acids is 3. The molecule has 1 saturated heterocycles. The Morgan fingerprint density at radius 1 is 0.956 bits per heavy atom. The first-order valence-electron chi connectivity index (χ1n) is 14.8. The molecule has 4 aromatic rings. The first-order chi connectivity index (χ1) is 21.6. The average molecular weight is 611 g/mol. The van der Waals surface area contributed by atoms with Gasteiger partial charge in [-0.15, -0.1) is 15.0 Å². The summed E-state index contributed by atoms with van der Waals surface area (Å²) in [5, 5.41) is 20.5. The summed E-state index contributed by atoms with van der Waals surface area (Å²) < 4.78 is 5.72. The molecule has 5 rings (SSSR count). The molecule has 1 aliphatic heterocycles. The maximum Gasteiger partial charge on any atom is 0.319 e. The van der Waals surface area contributed by atoms with Crippen LogP contribution >= 0.6 is 0 Å². The number of tetrazole rings is 1. The van der Waals surface area contributed by atoms with Crippen molar-refractivity contribution in [3.05, 3.63) is 96.3 Å². The highest BCUT2D eigenvalue weighted by molar-refractivity contribution is 5.96. The van der Waals surface area contributed by atoms with Crippen molar-refractivity contribution in [2.24, 2.45) is 0 Å². The van der Waals surface area contributed by atoms with Crippen LogP contribution < -0.4 is 20.7 Å². The van der Waals surface area contributed by atoms with E-state index in [1.54, 1.807) is 36.3 Å². The van der Waals surface area contributed by atoms with Gasteiger partial charge in [-0.2, -0.15) is 0 Å². The third-order valence-electron chi connectivity index (χ3n) is 7.60. The molecule has 3 unspecified atom stereocenters. The topological polar surface area (TPSA) is 143 Å². The lowest BCUT2D eigenvalue weighted by Crippen LogP contribution is -2.53. The Kier molecular flexibility index (Phi) is 9.41. The first-order valence-corrected chi connectivity index (χ1v) is 14.8. The predicted octanol–water partition coefficient (Wildman–Crippen LogP) is 4.22. The number of hydrogen-bond acceptors (Lipinski definition) is 7. The Labute approximate surface area is 262 Å². The summed E-state index contributed by atoms with van der Waals surface area (Å²) in [5.74, 6) is -0.141. The lowest BCUT2D eigenvalue weighted by Gasteiger charge is -2.33. The number of methoxy groups -OCH3 is 1. The number of carbonyl (C=O) groups is 3. The highest BCUT2D eigenvalue weighted by Crippen LogP contribution is 2.41. The maximum absolute atomic E-state index is 14.4. The summed E-state index contributed by atoms with van der Waals surface area (Å²) >= 11 is 0. The van der Waals surface area contributed by atoms with Crippen molar-refractivity contribution < 1.29 is 19.1 Å². The zero-order chi connectivity index (χ0) is 32.0. The number of likely N-dealkylation sites (tertiary alicyclic amines) is 1. The molecule has 1 aromatic heterocycles. The third kappa shape index (κ3) is 7.64. The van der Waals surface area contributed by atoms with Crippen LogP contribution in [-0.2, 0) is 9.59 Å². The molecule has 0 aliphatic carbocycles. The number of hydrogen-bond donors (Lipinski definition) is 3. The van der Waals surface area contributed by atoms with Crippen LogP contribution in [0.4, 0.5) is 10.5 Å². The van der Waals surface area contributed by atoms with Crippen molar-refractivity contribution in [3.8, 4) is 11.4 Å². The monoisotopic (exact) mass is 610 g/mol. The Balaban J connectivity index is 1.50. The standard InChI is InChI=1S/C33H38N8O4/c1-33(2,3)38-30(42)20-40-28(22-12-6-5-7-13-22)19-23(24-14-8-11-17-29(24)45-4)18-26(31(40)43)37-32(44)36-25-15-9-10-16-27(25)41-35-21-34-39-41/h5-17,21,23,26,28H,18-20H2,1-4H3,(H,38,42)(H2,36,37,44). The minimum absolute atomic E-state index is 0.172. The second-order valence-electron chi connectivity index (χ2n) is 12.0. The van der Waals surface area contributed by atoms with E-state index in [4.69, 9.17) is 4.74 Å². The number of benzene rings is 3. The zero-order valence-electron chi connectivity index (χ0n) is 25.8. The van der Waals surface area contributed by atoms with Crippen LogP contribution in [0.3, 0.4) is 0 Å². The lowest BCUT2D eigenvalue weighted by molar-refractivity contribution is -0.139. The van der Waals surface area contributed by atoms with Gasteiger partial charge in [-0.3, -0.25) is 9.59 Å². The molecule has 234 valence electrons. The number of rotatable bonds is 8. The van der Waals surface area contributed by atoms with Crippen molar-refractivity contribution in [2.75, 3.05) is 19.0 Å². The summed E-state index contributed by atoms with van der Waals surface area (Å²) in [6.45, 7) is 5.50. The summed E-state index contributed by atoms with van der Waals surface area (Å²) in [6, 6.07) is 22.4. The molecule has 0 spiro atoms. The van der Waals surface area contributed by atoms with Crippen LogP contribution in [0.1, 0.15) is 56.7 Å². The van der Waals surface area contributed by atoms with E-state index in [0.717, 1.165) is 11.1 Å². The lowest BCUT2D eigenvalue weighted by atomic mass is 9.86. The molecule has 3 N–H and O–H groups in total. The minimum Gasteiger partial charge on any atom is -0.496 e. The molecule has 3 aromatic carbocycles. The van der Waals surface area contributed by atoms with Crippen molar-refractivity contribution in [3.63, 3.8) is 0 Å². The fourth-order valence-electron chi connectivity index (χ4n) is 5.75. The minimum atomic E-state index is -0.951. The summed E-state index contributed by atoms with van der Waals surface area (Å²) in [6.07, 6.45) is 2.10. The van der Waals surface area contributed by atoms with Crippen molar-refractivity contribution >= 4 is 23.5 Å². The molecule has 12 heteroatoms. The maximum atomic E-state index is 14.4. The molecule has 3 atom stereocenters. The molecular weight excluding hydrogens is 572 g/mol. The van der Waals surface area contributed by atoms with Gasteiger partial charge in [0.25, 0.3) is 0 Å². The number of nitrogens with one attached hydrogen (secondary N) is 3. The smallest absolute Gasteiger partial charge is 0.319 e. The molecule has 0 radical (unpaired) electrons. The van der Waals surface area contributed by atoms with E-state index >= 15 is 0 Å². The molecule has 0 bridgehead atoms. The normalized spacial score (nSPS) is 18.5. The number of anilines is 1. The van der Waals surface area contributed by atoms with Crippen LogP contribution in [0.5, 0.6) is 5.75 Å². The number of urea groups is 1. The van der Waals surface area contributed by atoms with Gasteiger partial charge in [0.15, 0.2) is 6.33 Å². The summed E-state index contributed by atoms with van der Waals surface area (Å²) in [5.41, 5.74) is 2.27. The van der Waals surface area contributed by atoms with E-state index in [0.29, 0.717) is 30.0 Å². The van der Waals surface area contributed by atoms with E-state index in [1.807, 2.05) is 75.4 Å². The van der Waals surface area contributed by atoms with Gasteiger partial charge in [-0.05, 0) is 74.1 Å². The van der Waals surface area contributed by atoms with Crippen molar-refractivity contribution in [2.45, 2.75) is 57.2 Å². The Morgan fingerprint density at radius 2 is 1.67 bits per heavy atom. The Bertz CT molecular complexity index is 1620. The fraction of sp³-hybridized carbons (Fsp3) is 0.333. The van der Waals surface area contributed by atoms with E-state index in [9.17, 15) is 14.4 Å². The summed E-state index contributed by atoms with van der Waals surface area (Å²) in [4.78, 5) is 44.1. The van der Waals surface area contributed by atoms with Gasteiger partial charge in [0, 0.05) is 5.54 Å². The number of nitrogens with zero attached hydrogens (tertiary/aromatic N) is 5. The fourth-order valence-corrected chi connectivity index (χ4v) is 5.75. The SMILES string of the molecule is COc1ccccc1C1CC(NC(=O)Nc2ccccc2-n2ncnn2)C(=O)N(CC(=O)NC(C)(C)C)C(c2ccccc2)C1. The van der Waals surface area contributed by atoms with E-state index in [-0.39, 0.29) is 24.3 Å². The predicted molar refractivity (Wildman–Crippen MR) is 169 cm³/mol. The van der Waals surface area contributed by atoms with Crippen LogP contribution in [0.15, 0.2) is 85.2 Å². The van der Waals surface area contributed by atoms with Crippen LogP contribution in [0.2, 0.25) is 0 Å². The summed E-state index contributed by atoms with van der Waals surface area (Å²) in [7, 11) is 1.61. The molecule has 45 heavy (non-hydrogen) atoms. The van der Waals surface area contributed by atoms with Gasteiger partial charge in [-0.25, -0.2) is 4.79 Å². The highest BCUT2D eigenvalue weighted by Gasteiger charge is 2.40. The second kappa shape index (κ2) is 13.6. The molecule has 1 aliphatic rings. The van der Waals surface area contributed by atoms with Crippen LogP contribution in [0, 0.1) is 0 Å². The van der Waals surface area contributed by atoms with Crippen molar-refractivity contribution in [1.29, 1.82) is 0 Å². The largest absolute Gasteiger partial charge is 0.496 e. The Morgan fingerprint density at radius 3 is 2.38 bits per heavy atom. The van der Waals surface area contributed by atoms with Gasteiger partial charge in [0.2, 0.25) is 11.8 Å². The zero-order valence-corrected chi connectivity index (χ0v) is 25.8. The van der Waals surface area contributed by atoms with Gasteiger partial charge in [-0.1, -0.05) is 60.7 Å². The van der Waals surface area contributed by atoms with Gasteiger partial charge in [0.1, 0.15) is 24.0 Å². The number of amides is 4. The van der Waals surface area contributed by atoms with Gasteiger partial charge >= 0.3 is 6.03 Å². The third-order valence-corrected chi connectivity index (χ3v) is 7.60. The molecule has 0 saturated carbocycles. The van der Waals surface area contributed by atoms with Crippen LogP contribution in [-0.4, -0.2) is 68.2 Å². The van der Waals surface area contributed by atoms with E-state index in [1.165, 1.54) is 11.1 Å². The molecule has 2 heterocycles. The highest BCUT2D eigenvalue weighted by atomic mass is 16.5. The number of para-hydroxylation sites is 3. The molecule has 4 amide bonds. The average Bonchev–Trinajstić information content (AvgIpc) is 3.52. The quantitative estimate of drug-likeness (QED) is 0.271. The number of aromatic nitrogens is 4. The molecule has 12 nitrogen and oxygen atoms in total. The molecule has 1 fully saturated rings. The first kappa shape index (κ1) is 31.2. The number of ether oxygens (including phenoxy) is 1. The molecular formula is C33H38N8O4. The van der Waals surface area contributed by atoms with E-state index < -0.39 is 23.7 Å². The van der Waals surface area contributed by atoms with E-state index in [2.05, 4.69) is 31.4 Å². The Hall–Kier alpha value is -5.26. The van der Waals surface area contributed by atoms with Crippen LogP contribution in [0.25, 0.3) is 5.69 Å². The second-order valence-corrected chi connectivity index (χ2v) is 12.0. The van der Waals surface area contributed by atoms with Crippen molar-refractivity contribution in [1.82, 2.24) is 35.7 Å².